The summed E-state index contributed by atoms with van der Waals surface area (Å²) in [6.45, 7) is 10.2. The van der Waals surface area contributed by atoms with Gasteiger partial charge in [-0.1, -0.05) is 13.8 Å². The number of piperidine rings is 1. The summed E-state index contributed by atoms with van der Waals surface area (Å²) in [6, 6.07) is 0.384. The summed E-state index contributed by atoms with van der Waals surface area (Å²) in [6.07, 6.45) is 2.03. The first-order valence-electron chi connectivity index (χ1n) is 9.80. The van der Waals surface area contributed by atoms with E-state index in [0.717, 1.165) is 49.1 Å². The van der Waals surface area contributed by atoms with Crippen molar-refractivity contribution in [3.63, 3.8) is 0 Å². The topological polar surface area (TPSA) is 72.9 Å². The molecule has 7 nitrogen and oxygen atoms in total. The Balaban J connectivity index is 1.84. The molecule has 1 aliphatic rings. The van der Waals surface area contributed by atoms with Crippen molar-refractivity contribution >= 4 is 23.2 Å². The van der Waals surface area contributed by atoms with E-state index in [9.17, 15) is 4.79 Å². The fraction of sp³-hybridized carbons (Fsp3) is 0.737. The third kappa shape index (κ3) is 7.10. The summed E-state index contributed by atoms with van der Waals surface area (Å²) < 4.78 is 0. The monoisotopic (exact) mass is 394 g/mol. The molecule has 1 amide bonds. The highest BCUT2D eigenvalue weighted by Gasteiger charge is 2.22. The Morgan fingerprint density at radius 2 is 2.11 bits per heavy atom. The average molecular weight is 395 g/mol. The molecular weight excluding hydrogens is 360 g/mol. The van der Waals surface area contributed by atoms with Gasteiger partial charge in [0.2, 0.25) is 5.91 Å². The molecule has 0 aromatic carbocycles. The van der Waals surface area contributed by atoms with Gasteiger partial charge in [-0.2, -0.15) is 0 Å². The molecular formula is C19H34N6OS. The highest BCUT2D eigenvalue weighted by atomic mass is 32.1. The first-order chi connectivity index (χ1) is 12.9. The van der Waals surface area contributed by atoms with Crippen LogP contribution in [0.1, 0.15) is 50.2 Å². The van der Waals surface area contributed by atoms with Crippen LogP contribution in [0.2, 0.25) is 0 Å². The van der Waals surface area contributed by atoms with Gasteiger partial charge in [-0.05, 0) is 19.8 Å². The number of hydrogen-bond donors (Lipinski definition) is 2. The van der Waals surface area contributed by atoms with Gasteiger partial charge in [-0.3, -0.25) is 9.69 Å². The lowest BCUT2D eigenvalue weighted by atomic mass is 10.1. The molecule has 27 heavy (non-hydrogen) atoms. The number of nitrogens with zero attached hydrogens (tertiary/aromatic N) is 4. The van der Waals surface area contributed by atoms with E-state index in [-0.39, 0.29) is 5.91 Å². The predicted octanol–water partition coefficient (Wildman–Crippen LogP) is 1.87. The average Bonchev–Trinajstić information content (AvgIpc) is 3.11. The number of amides is 1. The number of carbonyl (C=O) groups excluding carboxylic acids is 1. The molecule has 1 aromatic rings. The minimum Gasteiger partial charge on any atom is -0.357 e. The second kappa shape index (κ2) is 10.6. The summed E-state index contributed by atoms with van der Waals surface area (Å²) >= 11 is 1.71. The summed E-state index contributed by atoms with van der Waals surface area (Å²) in [4.78, 5) is 25.1. The second-order valence-electron chi connectivity index (χ2n) is 7.51. The van der Waals surface area contributed by atoms with Crippen molar-refractivity contribution < 1.29 is 4.79 Å². The maximum absolute atomic E-state index is 11.9. The lowest BCUT2D eigenvalue weighted by molar-refractivity contribution is -0.130. The van der Waals surface area contributed by atoms with Gasteiger partial charge >= 0.3 is 0 Å². The standard InChI is InChI=1S/C19H34N6OS/c1-6-20-19(21-11-16-13-27-18(22-16)14(2)3)23-15-7-9-25(10-8-15)12-17(26)24(4)5/h13-15H,6-12H2,1-5H3,(H2,20,21,23). The fourth-order valence-corrected chi connectivity index (χ4v) is 3.73. The Hall–Kier alpha value is -1.67. The molecule has 1 saturated heterocycles. The Morgan fingerprint density at radius 1 is 1.41 bits per heavy atom. The summed E-state index contributed by atoms with van der Waals surface area (Å²) in [5.41, 5.74) is 1.03. The normalized spacial score (nSPS) is 16.6. The zero-order valence-corrected chi connectivity index (χ0v) is 18.1. The van der Waals surface area contributed by atoms with Crippen LogP contribution in [-0.4, -0.2) is 73.0 Å². The van der Waals surface area contributed by atoms with Crippen LogP contribution >= 0.6 is 11.3 Å². The molecule has 2 rings (SSSR count). The maximum atomic E-state index is 11.9. The number of nitrogens with one attached hydrogen (secondary N) is 2. The lowest BCUT2D eigenvalue weighted by Gasteiger charge is -2.33. The highest BCUT2D eigenvalue weighted by Crippen LogP contribution is 2.19. The van der Waals surface area contributed by atoms with E-state index in [1.54, 1.807) is 16.2 Å². The molecule has 0 saturated carbocycles. The van der Waals surface area contributed by atoms with E-state index < -0.39 is 0 Å². The third-order valence-electron chi connectivity index (χ3n) is 4.59. The van der Waals surface area contributed by atoms with Gasteiger partial charge in [0.15, 0.2) is 5.96 Å². The van der Waals surface area contributed by atoms with E-state index in [4.69, 9.17) is 4.99 Å². The molecule has 2 N–H and O–H groups in total. The summed E-state index contributed by atoms with van der Waals surface area (Å²) in [5, 5.41) is 10.1. The number of hydrogen-bond acceptors (Lipinski definition) is 5. The first-order valence-corrected chi connectivity index (χ1v) is 10.7. The SMILES string of the molecule is CCNC(=NCc1csc(C(C)C)n1)NC1CCN(CC(=O)N(C)C)CC1. The van der Waals surface area contributed by atoms with Crippen LogP contribution in [0.4, 0.5) is 0 Å². The van der Waals surface area contributed by atoms with E-state index in [2.05, 4.69) is 46.7 Å². The molecule has 1 aliphatic heterocycles. The quantitative estimate of drug-likeness (QED) is 0.546. The molecule has 0 aliphatic carbocycles. The van der Waals surface area contributed by atoms with Crippen molar-refractivity contribution in [2.75, 3.05) is 40.3 Å². The van der Waals surface area contributed by atoms with E-state index in [0.29, 0.717) is 25.0 Å². The third-order valence-corrected chi connectivity index (χ3v) is 5.79. The highest BCUT2D eigenvalue weighted by molar-refractivity contribution is 7.09. The van der Waals surface area contributed by atoms with Crippen molar-refractivity contribution in [3.05, 3.63) is 16.1 Å². The minimum absolute atomic E-state index is 0.167. The molecule has 0 radical (unpaired) electrons. The van der Waals surface area contributed by atoms with Crippen molar-refractivity contribution in [2.24, 2.45) is 4.99 Å². The molecule has 0 atom stereocenters. The number of likely N-dealkylation sites (N-methyl/N-ethyl adjacent to an activating group) is 1. The maximum Gasteiger partial charge on any atom is 0.236 e. The molecule has 1 fully saturated rings. The Labute approximate surface area is 167 Å². The zero-order chi connectivity index (χ0) is 19.8. The predicted molar refractivity (Wildman–Crippen MR) is 112 cm³/mol. The number of rotatable bonds is 7. The Kier molecular flexibility index (Phi) is 8.50. The van der Waals surface area contributed by atoms with Gasteiger partial charge in [0.25, 0.3) is 0 Å². The van der Waals surface area contributed by atoms with Crippen LogP contribution < -0.4 is 10.6 Å². The van der Waals surface area contributed by atoms with E-state index in [1.165, 1.54) is 0 Å². The largest absolute Gasteiger partial charge is 0.357 e. The number of thiazole rings is 1. The molecule has 0 spiro atoms. The van der Waals surface area contributed by atoms with Crippen LogP contribution in [0.5, 0.6) is 0 Å². The van der Waals surface area contributed by atoms with Gasteiger partial charge < -0.3 is 15.5 Å². The van der Waals surface area contributed by atoms with Gasteiger partial charge in [0.05, 0.1) is 23.8 Å². The minimum atomic E-state index is 0.167. The van der Waals surface area contributed by atoms with E-state index in [1.807, 2.05) is 14.1 Å². The van der Waals surface area contributed by atoms with Gasteiger partial charge in [0.1, 0.15) is 0 Å². The number of aromatic nitrogens is 1. The fourth-order valence-electron chi connectivity index (χ4n) is 2.90. The number of carbonyl (C=O) groups is 1. The van der Waals surface area contributed by atoms with Gasteiger partial charge in [-0.25, -0.2) is 9.98 Å². The van der Waals surface area contributed by atoms with E-state index >= 15 is 0 Å². The Bertz CT molecular complexity index is 619. The lowest BCUT2D eigenvalue weighted by Crippen LogP contribution is -2.50. The van der Waals surface area contributed by atoms with Gasteiger partial charge in [0, 0.05) is 51.1 Å². The van der Waals surface area contributed by atoms with Gasteiger partial charge in [-0.15, -0.1) is 11.3 Å². The molecule has 2 heterocycles. The van der Waals surface area contributed by atoms with Crippen LogP contribution in [-0.2, 0) is 11.3 Å². The summed E-state index contributed by atoms with van der Waals surface area (Å²) in [5.74, 6) is 1.48. The molecule has 0 bridgehead atoms. The van der Waals surface area contributed by atoms with Crippen LogP contribution in [0, 0.1) is 0 Å². The smallest absolute Gasteiger partial charge is 0.236 e. The van der Waals surface area contributed by atoms with Crippen LogP contribution in [0.15, 0.2) is 10.4 Å². The number of aliphatic imine (C=N–C) groups is 1. The summed E-state index contributed by atoms with van der Waals surface area (Å²) in [7, 11) is 3.62. The van der Waals surface area contributed by atoms with Crippen molar-refractivity contribution in [2.45, 2.75) is 52.1 Å². The Morgan fingerprint density at radius 3 is 2.67 bits per heavy atom. The molecule has 8 heteroatoms. The van der Waals surface area contributed by atoms with Crippen molar-refractivity contribution in [1.82, 2.24) is 25.4 Å². The number of likely N-dealkylation sites (tertiary alicyclic amines) is 1. The molecule has 1 aromatic heterocycles. The van der Waals surface area contributed by atoms with Crippen molar-refractivity contribution in [3.8, 4) is 0 Å². The van der Waals surface area contributed by atoms with Crippen LogP contribution in [0.3, 0.4) is 0 Å². The van der Waals surface area contributed by atoms with Crippen LogP contribution in [0.25, 0.3) is 0 Å². The first kappa shape index (κ1) is 21.6. The molecule has 152 valence electrons. The second-order valence-corrected chi connectivity index (χ2v) is 8.40. The van der Waals surface area contributed by atoms with Crippen molar-refractivity contribution in [1.29, 1.82) is 0 Å². The zero-order valence-electron chi connectivity index (χ0n) is 17.3. The molecule has 0 unspecified atom stereocenters. The number of guanidine groups is 1.